The van der Waals surface area contributed by atoms with Crippen LogP contribution in [0.3, 0.4) is 0 Å². The largest absolute Gasteiger partial charge is 0.353 e. The highest BCUT2D eigenvalue weighted by molar-refractivity contribution is 5.94. The Morgan fingerprint density at radius 3 is 2.32 bits per heavy atom. The maximum Gasteiger partial charge on any atom is 0.273 e. The van der Waals surface area contributed by atoms with E-state index in [-0.39, 0.29) is 36.0 Å². The van der Waals surface area contributed by atoms with Gasteiger partial charge in [-0.25, -0.2) is 9.07 Å². The van der Waals surface area contributed by atoms with Gasteiger partial charge in [-0.2, -0.15) is 0 Å². The highest BCUT2D eigenvalue weighted by atomic mass is 19.1. The minimum Gasteiger partial charge on any atom is -0.353 e. The van der Waals surface area contributed by atoms with Crippen molar-refractivity contribution in [2.24, 2.45) is 0 Å². The van der Waals surface area contributed by atoms with Crippen molar-refractivity contribution in [2.75, 3.05) is 13.1 Å². The summed E-state index contributed by atoms with van der Waals surface area (Å²) in [6.45, 7) is -0.228. The summed E-state index contributed by atoms with van der Waals surface area (Å²) < 4.78 is 14.4. The number of nitrogens with zero attached hydrogens (tertiary/aromatic N) is 1. The van der Waals surface area contributed by atoms with E-state index in [1.807, 2.05) is 0 Å². The fourth-order valence-electron chi connectivity index (χ4n) is 2.68. The lowest BCUT2D eigenvalue weighted by molar-refractivity contribution is -0.121. The van der Waals surface area contributed by atoms with Crippen molar-refractivity contribution in [2.45, 2.75) is 6.54 Å². The molecule has 0 unspecified atom stereocenters. The molecule has 0 saturated heterocycles. The van der Waals surface area contributed by atoms with Gasteiger partial charge in [0, 0.05) is 13.1 Å². The number of nitrogens with one attached hydrogen (secondary N) is 3. The third-order valence-electron chi connectivity index (χ3n) is 4.04. The summed E-state index contributed by atoms with van der Waals surface area (Å²) in [6.07, 6.45) is 0. The molecule has 28 heavy (non-hydrogen) atoms. The van der Waals surface area contributed by atoms with E-state index in [2.05, 4.69) is 15.7 Å². The van der Waals surface area contributed by atoms with Gasteiger partial charge in [0.15, 0.2) is 0 Å². The van der Waals surface area contributed by atoms with Gasteiger partial charge in [0.05, 0.1) is 16.3 Å². The van der Waals surface area contributed by atoms with Crippen LogP contribution in [0.15, 0.2) is 58.1 Å². The normalized spacial score (nSPS) is 10.6. The summed E-state index contributed by atoms with van der Waals surface area (Å²) >= 11 is 0. The van der Waals surface area contributed by atoms with Gasteiger partial charge in [-0.1, -0.05) is 24.3 Å². The number of benzene rings is 2. The maximum atomic E-state index is 13.5. The standard InChI is InChI=1S/C19H17FN4O4/c20-15-8-4-3-7-14(15)17(26)22-10-9-21-16(25)11-24-19(28)13-6-2-1-5-12(13)18(27)23-24/h1-8H,9-11H2,(H,21,25)(H,22,26)(H,23,27). The molecule has 2 aromatic carbocycles. The summed E-state index contributed by atoms with van der Waals surface area (Å²) in [7, 11) is 0. The molecule has 144 valence electrons. The molecule has 3 rings (SSSR count). The van der Waals surface area contributed by atoms with Gasteiger partial charge in [0.25, 0.3) is 17.0 Å². The van der Waals surface area contributed by atoms with Crippen molar-refractivity contribution >= 4 is 22.6 Å². The van der Waals surface area contributed by atoms with Gasteiger partial charge in [-0.05, 0) is 24.3 Å². The van der Waals surface area contributed by atoms with E-state index in [1.165, 1.54) is 30.3 Å². The van der Waals surface area contributed by atoms with E-state index >= 15 is 0 Å². The number of hydrogen-bond acceptors (Lipinski definition) is 4. The molecular formula is C19H17FN4O4. The van der Waals surface area contributed by atoms with Crippen molar-refractivity contribution < 1.29 is 14.0 Å². The number of aromatic nitrogens is 2. The van der Waals surface area contributed by atoms with Crippen LogP contribution < -0.4 is 21.8 Å². The first-order valence-corrected chi connectivity index (χ1v) is 8.48. The quantitative estimate of drug-likeness (QED) is 0.533. The predicted molar refractivity (Wildman–Crippen MR) is 101 cm³/mol. The molecule has 0 aliphatic carbocycles. The summed E-state index contributed by atoms with van der Waals surface area (Å²) in [5.41, 5.74) is -1.05. The molecule has 1 heterocycles. The van der Waals surface area contributed by atoms with E-state index in [0.29, 0.717) is 0 Å². The topological polar surface area (TPSA) is 113 Å². The van der Waals surface area contributed by atoms with Crippen LogP contribution in [0.4, 0.5) is 4.39 Å². The molecule has 2 amide bonds. The van der Waals surface area contributed by atoms with Crippen LogP contribution in [0.25, 0.3) is 10.8 Å². The highest BCUT2D eigenvalue weighted by Crippen LogP contribution is 2.05. The number of H-pyrrole nitrogens is 1. The van der Waals surface area contributed by atoms with E-state index in [4.69, 9.17) is 0 Å². The lowest BCUT2D eigenvalue weighted by atomic mass is 10.2. The summed E-state index contributed by atoms with van der Waals surface area (Å²) in [6, 6.07) is 11.9. The van der Waals surface area contributed by atoms with Crippen molar-refractivity contribution in [3.05, 3.63) is 80.6 Å². The van der Waals surface area contributed by atoms with Gasteiger partial charge in [0.1, 0.15) is 12.4 Å². The Morgan fingerprint density at radius 1 is 0.929 bits per heavy atom. The number of amides is 2. The summed E-state index contributed by atoms with van der Waals surface area (Å²) in [5.74, 6) is -1.75. The second-order valence-corrected chi connectivity index (χ2v) is 5.96. The van der Waals surface area contributed by atoms with Gasteiger partial charge in [-0.15, -0.1) is 0 Å². The second kappa shape index (κ2) is 8.30. The summed E-state index contributed by atoms with van der Waals surface area (Å²) in [4.78, 5) is 48.2. The monoisotopic (exact) mass is 384 g/mol. The van der Waals surface area contributed by atoms with Crippen LogP contribution in [0.1, 0.15) is 10.4 Å². The molecule has 0 spiro atoms. The lowest BCUT2D eigenvalue weighted by Gasteiger charge is -2.09. The molecule has 0 aliphatic rings. The molecule has 1 aromatic heterocycles. The fourth-order valence-corrected chi connectivity index (χ4v) is 2.68. The van der Waals surface area contributed by atoms with Crippen molar-refractivity contribution in [1.82, 2.24) is 20.4 Å². The SMILES string of the molecule is O=C(Cn1[nH]c(=O)c2ccccc2c1=O)NCCNC(=O)c1ccccc1F. The third-order valence-corrected chi connectivity index (χ3v) is 4.04. The van der Waals surface area contributed by atoms with E-state index < -0.39 is 28.8 Å². The zero-order valence-corrected chi connectivity index (χ0v) is 14.7. The number of hydrogen-bond donors (Lipinski definition) is 3. The molecule has 0 aliphatic heterocycles. The van der Waals surface area contributed by atoms with Crippen LogP contribution in [0.2, 0.25) is 0 Å². The van der Waals surface area contributed by atoms with Crippen LogP contribution in [0.5, 0.6) is 0 Å². The summed E-state index contributed by atoms with van der Waals surface area (Å²) in [5, 5.41) is 7.83. The predicted octanol–water partition coefficient (Wildman–Crippen LogP) is 0.375. The van der Waals surface area contributed by atoms with E-state index in [9.17, 15) is 23.6 Å². The van der Waals surface area contributed by atoms with Gasteiger partial charge >= 0.3 is 0 Å². The zero-order valence-electron chi connectivity index (χ0n) is 14.7. The Morgan fingerprint density at radius 2 is 1.57 bits per heavy atom. The molecule has 0 radical (unpaired) electrons. The zero-order chi connectivity index (χ0) is 20.1. The second-order valence-electron chi connectivity index (χ2n) is 5.96. The first-order valence-electron chi connectivity index (χ1n) is 8.48. The first-order chi connectivity index (χ1) is 13.5. The molecule has 0 saturated carbocycles. The number of fused-ring (bicyclic) bond motifs is 1. The van der Waals surface area contributed by atoms with Crippen molar-refractivity contribution in [3.8, 4) is 0 Å². The van der Waals surface area contributed by atoms with Gasteiger partial charge in [-0.3, -0.25) is 24.3 Å². The Kier molecular flexibility index (Phi) is 5.64. The van der Waals surface area contributed by atoms with Crippen molar-refractivity contribution in [1.29, 1.82) is 0 Å². The van der Waals surface area contributed by atoms with Crippen LogP contribution in [0, 0.1) is 5.82 Å². The van der Waals surface area contributed by atoms with Gasteiger partial charge < -0.3 is 10.6 Å². The highest BCUT2D eigenvalue weighted by Gasteiger charge is 2.11. The van der Waals surface area contributed by atoms with Crippen LogP contribution >= 0.6 is 0 Å². The van der Waals surface area contributed by atoms with Crippen LogP contribution in [-0.4, -0.2) is 34.7 Å². The van der Waals surface area contributed by atoms with E-state index in [0.717, 1.165) is 4.68 Å². The fraction of sp³-hybridized carbons (Fsp3) is 0.158. The Balaban J connectivity index is 1.55. The Bertz CT molecular complexity index is 1150. The molecule has 0 atom stereocenters. The lowest BCUT2D eigenvalue weighted by Crippen LogP contribution is -2.39. The smallest absolute Gasteiger partial charge is 0.273 e. The molecule has 3 aromatic rings. The average Bonchev–Trinajstić information content (AvgIpc) is 2.69. The average molecular weight is 384 g/mol. The minimum atomic E-state index is -0.635. The molecule has 0 bridgehead atoms. The minimum absolute atomic E-state index is 0.0715. The van der Waals surface area contributed by atoms with Crippen molar-refractivity contribution in [3.63, 3.8) is 0 Å². The number of carbonyl (C=O) groups excluding carboxylic acids is 2. The van der Waals surface area contributed by atoms with Gasteiger partial charge in [0.2, 0.25) is 5.91 Å². The Labute approximate surface area is 158 Å². The third kappa shape index (κ3) is 4.14. The number of rotatable bonds is 6. The first kappa shape index (κ1) is 19.0. The Hall–Kier alpha value is -3.75. The maximum absolute atomic E-state index is 13.5. The molecule has 8 nitrogen and oxygen atoms in total. The number of aromatic amines is 1. The van der Waals surface area contributed by atoms with Crippen LogP contribution in [-0.2, 0) is 11.3 Å². The van der Waals surface area contributed by atoms with E-state index in [1.54, 1.807) is 18.2 Å². The molecule has 9 heteroatoms. The number of carbonyl (C=O) groups is 2. The molecule has 0 fully saturated rings. The number of halogens is 1. The molecular weight excluding hydrogens is 367 g/mol. The molecule has 3 N–H and O–H groups in total.